The number of hydrogen-bond acceptors (Lipinski definition) is 4. The van der Waals surface area contributed by atoms with Gasteiger partial charge < -0.3 is 10.4 Å². The molecule has 0 atom stereocenters. The summed E-state index contributed by atoms with van der Waals surface area (Å²) >= 11 is 6.14. The van der Waals surface area contributed by atoms with E-state index in [9.17, 15) is 5.11 Å². The van der Waals surface area contributed by atoms with Crippen molar-refractivity contribution in [3.05, 3.63) is 58.7 Å². The molecule has 2 aromatic carbocycles. The SMILES string of the molecule is CC(C)(C)c1cc(Nc2ccnc3cc(Cl)ccc23)cc(CN2CCCCC2)c1O. The molecular weight excluding hydrogens is 394 g/mol. The van der Waals surface area contributed by atoms with E-state index in [1.165, 1.54) is 19.3 Å². The van der Waals surface area contributed by atoms with Crippen LogP contribution in [0.25, 0.3) is 10.9 Å². The Morgan fingerprint density at radius 2 is 1.83 bits per heavy atom. The lowest BCUT2D eigenvalue weighted by molar-refractivity contribution is 0.218. The van der Waals surface area contributed by atoms with Gasteiger partial charge in [-0.1, -0.05) is 38.8 Å². The molecule has 2 heterocycles. The highest BCUT2D eigenvalue weighted by atomic mass is 35.5. The summed E-state index contributed by atoms with van der Waals surface area (Å²) in [6.45, 7) is 9.38. The molecule has 0 aliphatic carbocycles. The van der Waals surface area contributed by atoms with E-state index in [0.717, 1.165) is 53.0 Å². The number of rotatable bonds is 4. The lowest BCUT2D eigenvalue weighted by atomic mass is 9.84. The zero-order valence-electron chi connectivity index (χ0n) is 18.0. The van der Waals surface area contributed by atoms with E-state index in [2.05, 4.69) is 48.1 Å². The van der Waals surface area contributed by atoms with E-state index in [4.69, 9.17) is 11.6 Å². The molecule has 4 nitrogen and oxygen atoms in total. The van der Waals surface area contributed by atoms with Crippen molar-refractivity contribution >= 4 is 33.9 Å². The molecule has 2 N–H and O–H groups in total. The molecule has 0 unspecified atom stereocenters. The molecule has 1 aliphatic heterocycles. The number of anilines is 2. The summed E-state index contributed by atoms with van der Waals surface area (Å²) in [6.07, 6.45) is 5.56. The Labute approximate surface area is 183 Å². The van der Waals surface area contributed by atoms with E-state index in [1.807, 2.05) is 24.3 Å². The van der Waals surface area contributed by atoms with Crippen LogP contribution < -0.4 is 5.32 Å². The quantitative estimate of drug-likeness (QED) is 0.463. The highest BCUT2D eigenvalue weighted by molar-refractivity contribution is 6.31. The number of piperidine rings is 1. The summed E-state index contributed by atoms with van der Waals surface area (Å²) in [5, 5.41) is 16.3. The number of benzene rings is 2. The minimum Gasteiger partial charge on any atom is -0.507 e. The first-order chi connectivity index (χ1) is 14.3. The molecule has 1 fully saturated rings. The predicted octanol–water partition coefficient (Wildman–Crippen LogP) is 6.62. The van der Waals surface area contributed by atoms with Gasteiger partial charge in [0.25, 0.3) is 0 Å². The van der Waals surface area contributed by atoms with E-state index in [1.54, 1.807) is 6.20 Å². The van der Waals surface area contributed by atoms with Crippen molar-refractivity contribution < 1.29 is 5.11 Å². The molecule has 5 heteroatoms. The predicted molar refractivity (Wildman–Crippen MR) is 126 cm³/mol. The van der Waals surface area contributed by atoms with E-state index in [-0.39, 0.29) is 5.41 Å². The van der Waals surface area contributed by atoms with Crippen LogP contribution >= 0.6 is 11.6 Å². The van der Waals surface area contributed by atoms with Crippen molar-refractivity contribution in [2.24, 2.45) is 0 Å². The van der Waals surface area contributed by atoms with Gasteiger partial charge in [0.1, 0.15) is 5.75 Å². The Bertz CT molecular complexity index is 1050. The fourth-order valence-corrected chi connectivity index (χ4v) is 4.37. The van der Waals surface area contributed by atoms with Gasteiger partial charge in [-0.25, -0.2) is 0 Å². The van der Waals surface area contributed by atoms with Gasteiger partial charge in [-0.2, -0.15) is 0 Å². The minimum absolute atomic E-state index is 0.160. The third kappa shape index (κ3) is 4.55. The van der Waals surface area contributed by atoms with Gasteiger partial charge in [0, 0.05) is 45.7 Å². The largest absolute Gasteiger partial charge is 0.507 e. The number of likely N-dealkylation sites (tertiary alicyclic amines) is 1. The monoisotopic (exact) mass is 423 g/mol. The Morgan fingerprint density at radius 1 is 1.07 bits per heavy atom. The maximum Gasteiger partial charge on any atom is 0.123 e. The van der Waals surface area contributed by atoms with Crippen LogP contribution in [-0.4, -0.2) is 28.1 Å². The summed E-state index contributed by atoms with van der Waals surface area (Å²) in [4.78, 5) is 6.88. The highest BCUT2D eigenvalue weighted by Crippen LogP contribution is 2.38. The number of aromatic hydroxyl groups is 1. The fourth-order valence-electron chi connectivity index (χ4n) is 4.20. The second kappa shape index (κ2) is 8.44. The van der Waals surface area contributed by atoms with Crippen molar-refractivity contribution in [1.29, 1.82) is 0 Å². The van der Waals surface area contributed by atoms with Crippen LogP contribution in [0.1, 0.15) is 51.2 Å². The van der Waals surface area contributed by atoms with E-state index < -0.39 is 0 Å². The van der Waals surface area contributed by atoms with Crippen LogP contribution in [0.3, 0.4) is 0 Å². The second-order valence-corrected chi connectivity index (χ2v) is 9.70. The lowest BCUT2D eigenvalue weighted by Gasteiger charge is -2.29. The number of pyridine rings is 1. The van der Waals surface area contributed by atoms with Crippen LogP contribution in [0.2, 0.25) is 5.02 Å². The Morgan fingerprint density at radius 3 is 2.57 bits per heavy atom. The van der Waals surface area contributed by atoms with Gasteiger partial charge in [-0.05, 0) is 67.7 Å². The standard InChI is InChI=1S/C25H30ClN3O/c1-25(2,3)21-15-19(13-17(24(21)30)16-29-11-5-4-6-12-29)28-22-9-10-27-23-14-18(26)7-8-20(22)23/h7-10,13-15,30H,4-6,11-12,16H2,1-3H3,(H,27,28). The van der Waals surface area contributed by atoms with Gasteiger partial charge in [-0.15, -0.1) is 0 Å². The Balaban J connectivity index is 1.73. The summed E-state index contributed by atoms with van der Waals surface area (Å²) in [5.74, 6) is 0.421. The molecule has 0 spiro atoms. The first kappa shape index (κ1) is 21.0. The number of phenolic OH excluding ortho intramolecular Hbond substituents is 1. The molecule has 158 valence electrons. The highest BCUT2D eigenvalue weighted by Gasteiger charge is 2.23. The summed E-state index contributed by atoms with van der Waals surface area (Å²) in [6, 6.07) is 11.9. The normalized spacial score (nSPS) is 15.5. The molecule has 1 saturated heterocycles. The fraction of sp³-hybridized carbons (Fsp3) is 0.400. The maximum atomic E-state index is 11.1. The molecule has 0 saturated carbocycles. The number of nitrogens with one attached hydrogen (secondary N) is 1. The van der Waals surface area contributed by atoms with Crippen molar-refractivity contribution in [2.75, 3.05) is 18.4 Å². The lowest BCUT2D eigenvalue weighted by Crippen LogP contribution is -2.29. The van der Waals surface area contributed by atoms with Gasteiger partial charge in [0.05, 0.1) is 5.52 Å². The van der Waals surface area contributed by atoms with Crippen molar-refractivity contribution in [3.63, 3.8) is 0 Å². The number of nitrogens with zero attached hydrogens (tertiary/aromatic N) is 2. The maximum absolute atomic E-state index is 11.1. The molecule has 3 aromatic rings. The number of hydrogen-bond donors (Lipinski definition) is 2. The van der Waals surface area contributed by atoms with Crippen molar-refractivity contribution in [2.45, 2.75) is 52.0 Å². The van der Waals surface area contributed by atoms with E-state index >= 15 is 0 Å². The summed E-state index contributed by atoms with van der Waals surface area (Å²) in [7, 11) is 0. The smallest absolute Gasteiger partial charge is 0.123 e. The zero-order chi connectivity index (χ0) is 21.3. The van der Waals surface area contributed by atoms with E-state index in [0.29, 0.717) is 10.8 Å². The molecule has 0 bridgehead atoms. The molecule has 30 heavy (non-hydrogen) atoms. The first-order valence-electron chi connectivity index (χ1n) is 10.7. The van der Waals surface area contributed by atoms with Gasteiger partial charge in [0.15, 0.2) is 0 Å². The molecule has 0 radical (unpaired) electrons. The zero-order valence-corrected chi connectivity index (χ0v) is 18.8. The Kier molecular flexibility index (Phi) is 5.90. The van der Waals surface area contributed by atoms with Crippen LogP contribution in [0.15, 0.2) is 42.6 Å². The molecule has 4 rings (SSSR count). The third-order valence-corrected chi connectivity index (χ3v) is 6.06. The second-order valence-electron chi connectivity index (χ2n) is 9.26. The Hall–Kier alpha value is -2.30. The summed E-state index contributed by atoms with van der Waals surface area (Å²) in [5.41, 5.74) is 4.59. The summed E-state index contributed by atoms with van der Waals surface area (Å²) < 4.78 is 0. The number of aromatic nitrogens is 1. The average Bonchev–Trinajstić information content (AvgIpc) is 2.70. The topological polar surface area (TPSA) is 48.4 Å². The average molecular weight is 424 g/mol. The first-order valence-corrected chi connectivity index (χ1v) is 11.1. The third-order valence-electron chi connectivity index (χ3n) is 5.82. The van der Waals surface area contributed by atoms with Gasteiger partial charge >= 0.3 is 0 Å². The van der Waals surface area contributed by atoms with Crippen molar-refractivity contribution in [3.8, 4) is 5.75 Å². The number of halogens is 1. The van der Waals surface area contributed by atoms with Crippen molar-refractivity contribution in [1.82, 2.24) is 9.88 Å². The number of phenols is 1. The van der Waals surface area contributed by atoms with Crippen LogP contribution in [0, 0.1) is 0 Å². The van der Waals surface area contributed by atoms with Gasteiger partial charge in [0.2, 0.25) is 0 Å². The molecule has 1 aliphatic rings. The van der Waals surface area contributed by atoms with Gasteiger partial charge in [-0.3, -0.25) is 9.88 Å². The van der Waals surface area contributed by atoms with Crippen LogP contribution in [-0.2, 0) is 12.0 Å². The van der Waals surface area contributed by atoms with Crippen LogP contribution in [0.4, 0.5) is 11.4 Å². The number of fused-ring (bicyclic) bond motifs is 1. The molecule has 0 amide bonds. The minimum atomic E-state index is -0.160. The van der Waals surface area contributed by atoms with Crippen LogP contribution in [0.5, 0.6) is 5.75 Å². The molecule has 1 aromatic heterocycles. The molecular formula is C25H30ClN3O.